The number of nitrogen functional groups attached to an aromatic ring is 1. The van der Waals surface area contributed by atoms with Crippen LogP contribution in [0.4, 0.5) is 10.1 Å². The molecule has 1 fully saturated rings. The van der Waals surface area contributed by atoms with Gasteiger partial charge in [-0.25, -0.2) is 4.39 Å². The quantitative estimate of drug-likeness (QED) is 0.797. The standard InChI is InChI=1S/C13H15BrFN3O2/c14-9-6-10(15)11(16)5-8(9)13(20)18-3-1-7(2-4-18)12(17)19/h5-7H,1-4,16H2,(H2,17,19). The molecule has 0 spiro atoms. The van der Waals surface area contributed by atoms with E-state index in [2.05, 4.69) is 15.9 Å². The Hall–Kier alpha value is -1.63. The molecule has 1 heterocycles. The summed E-state index contributed by atoms with van der Waals surface area (Å²) in [6.45, 7) is 0.909. The Labute approximate surface area is 124 Å². The van der Waals surface area contributed by atoms with Crippen molar-refractivity contribution in [2.75, 3.05) is 18.8 Å². The lowest BCUT2D eigenvalue weighted by Gasteiger charge is -2.30. The second kappa shape index (κ2) is 5.78. The molecule has 0 saturated carbocycles. The fourth-order valence-electron chi connectivity index (χ4n) is 2.27. The van der Waals surface area contributed by atoms with Crippen LogP contribution in [0.3, 0.4) is 0 Å². The summed E-state index contributed by atoms with van der Waals surface area (Å²) in [4.78, 5) is 25.1. The van der Waals surface area contributed by atoms with Gasteiger partial charge in [-0.05, 0) is 40.9 Å². The smallest absolute Gasteiger partial charge is 0.255 e. The van der Waals surface area contributed by atoms with Gasteiger partial charge < -0.3 is 16.4 Å². The zero-order valence-electron chi connectivity index (χ0n) is 10.7. The molecule has 1 aliphatic rings. The van der Waals surface area contributed by atoms with E-state index in [1.807, 2.05) is 0 Å². The Morgan fingerprint density at radius 2 is 1.90 bits per heavy atom. The van der Waals surface area contributed by atoms with Crippen molar-refractivity contribution in [2.45, 2.75) is 12.8 Å². The molecular weight excluding hydrogens is 329 g/mol. The topological polar surface area (TPSA) is 89.4 Å². The average molecular weight is 344 g/mol. The minimum Gasteiger partial charge on any atom is -0.396 e. The third-order valence-electron chi connectivity index (χ3n) is 3.50. The molecule has 4 N–H and O–H groups in total. The average Bonchev–Trinajstić information content (AvgIpc) is 2.42. The van der Waals surface area contributed by atoms with Gasteiger partial charge in [0, 0.05) is 23.5 Å². The molecule has 0 unspecified atom stereocenters. The predicted molar refractivity (Wildman–Crippen MR) is 76.3 cm³/mol. The highest BCUT2D eigenvalue weighted by molar-refractivity contribution is 9.10. The van der Waals surface area contributed by atoms with Gasteiger partial charge in [0.15, 0.2) is 0 Å². The van der Waals surface area contributed by atoms with Gasteiger partial charge >= 0.3 is 0 Å². The number of primary amides is 1. The molecule has 20 heavy (non-hydrogen) atoms. The van der Waals surface area contributed by atoms with E-state index in [9.17, 15) is 14.0 Å². The van der Waals surface area contributed by atoms with Crippen LogP contribution in [-0.2, 0) is 4.79 Å². The van der Waals surface area contributed by atoms with Crippen LogP contribution in [0, 0.1) is 11.7 Å². The number of benzene rings is 1. The molecule has 1 aliphatic heterocycles. The number of halogens is 2. The van der Waals surface area contributed by atoms with Crippen LogP contribution < -0.4 is 11.5 Å². The van der Waals surface area contributed by atoms with Gasteiger partial charge in [-0.15, -0.1) is 0 Å². The van der Waals surface area contributed by atoms with Crippen LogP contribution in [-0.4, -0.2) is 29.8 Å². The second-order valence-electron chi connectivity index (χ2n) is 4.82. The van der Waals surface area contributed by atoms with Crippen molar-refractivity contribution in [1.82, 2.24) is 4.90 Å². The highest BCUT2D eigenvalue weighted by Gasteiger charge is 2.27. The van der Waals surface area contributed by atoms with Gasteiger partial charge in [-0.2, -0.15) is 0 Å². The van der Waals surface area contributed by atoms with E-state index in [1.165, 1.54) is 12.1 Å². The summed E-state index contributed by atoms with van der Waals surface area (Å²) >= 11 is 3.17. The summed E-state index contributed by atoms with van der Waals surface area (Å²) in [5, 5.41) is 0. The van der Waals surface area contributed by atoms with Crippen LogP contribution in [0.5, 0.6) is 0 Å². The highest BCUT2D eigenvalue weighted by Crippen LogP contribution is 2.26. The first-order valence-corrected chi connectivity index (χ1v) is 7.02. The summed E-state index contributed by atoms with van der Waals surface area (Å²) in [7, 11) is 0. The van der Waals surface area contributed by atoms with Crippen LogP contribution in [0.1, 0.15) is 23.2 Å². The SMILES string of the molecule is NC(=O)C1CCN(C(=O)c2cc(N)c(F)cc2Br)CC1. The number of rotatable bonds is 2. The van der Waals surface area contributed by atoms with Crippen molar-refractivity contribution in [3.8, 4) is 0 Å². The number of hydrogen-bond donors (Lipinski definition) is 2. The highest BCUT2D eigenvalue weighted by atomic mass is 79.9. The number of anilines is 1. The molecule has 0 aromatic heterocycles. The lowest BCUT2D eigenvalue weighted by molar-refractivity contribution is -0.123. The number of nitrogens with two attached hydrogens (primary N) is 2. The molecule has 0 atom stereocenters. The number of nitrogens with zero attached hydrogens (tertiary/aromatic N) is 1. The largest absolute Gasteiger partial charge is 0.396 e. The molecule has 0 aliphatic carbocycles. The van der Waals surface area contributed by atoms with E-state index in [-0.39, 0.29) is 23.4 Å². The monoisotopic (exact) mass is 343 g/mol. The summed E-state index contributed by atoms with van der Waals surface area (Å²) < 4.78 is 13.6. The molecule has 1 aromatic rings. The fourth-order valence-corrected chi connectivity index (χ4v) is 2.75. The summed E-state index contributed by atoms with van der Waals surface area (Å²) in [6.07, 6.45) is 1.10. The van der Waals surface area contributed by atoms with Gasteiger partial charge in [0.2, 0.25) is 5.91 Å². The van der Waals surface area contributed by atoms with Gasteiger partial charge in [0.05, 0.1) is 11.3 Å². The number of likely N-dealkylation sites (tertiary alicyclic amines) is 1. The molecule has 0 radical (unpaired) electrons. The van der Waals surface area contributed by atoms with Gasteiger partial charge in [-0.1, -0.05) is 0 Å². The molecule has 0 bridgehead atoms. The van der Waals surface area contributed by atoms with Crippen molar-refractivity contribution in [3.63, 3.8) is 0 Å². The lowest BCUT2D eigenvalue weighted by Crippen LogP contribution is -2.41. The van der Waals surface area contributed by atoms with Crippen molar-refractivity contribution in [1.29, 1.82) is 0 Å². The van der Waals surface area contributed by atoms with Crippen LogP contribution >= 0.6 is 15.9 Å². The third-order valence-corrected chi connectivity index (χ3v) is 4.16. The van der Waals surface area contributed by atoms with Crippen molar-refractivity contribution in [2.24, 2.45) is 11.7 Å². The van der Waals surface area contributed by atoms with Gasteiger partial charge in [0.25, 0.3) is 5.91 Å². The zero-order chi connectivity index (χ0) is 14.9. The Balaban J connectivity index is 2.13. The Bertz CT molecular complexity index is 557. The fraction of sp³-hybridized carbons (Fsp3) is 0.385. The van der Waals surface area contributed by atoms with Gasteiger partial charge in [0.1, 0.15) is 5.82 Å². The minimum atomic E-state index is -0.569. The first kappa shape index (κ1) is 14.8. The molecule has 5 nitrogen and oxygen atoms in total. The van der Waals surface area contributed by atoms with E-state index < -0.39 is 5.82 Å². The summed E-state index contributed by atoms with van der Waals surface area (Å²) in [6, 6.07) is 2.50. The number of amides is 2. The third kappa shape index (κ3) is 2.92. The minimum absolute atomic E-state index is 0.0661. The molecule has 7 heteroatoms. The maximum atomic E-state index is 13.3. The normalized spacial score (nSPS) is 16.2. The molecule has 2 amide bonds. The predicted octanol–water partition coefficient (Wildman–Crippen LogP) is 1.51. The second-order valence-corrected chi connectivity index (χ2v) is 5.68. The summed E-state index contributed by atoms with van der Waals surface area (Å²) in [5.74, 6) is -1.31. The molecule has 2 rings (SSSR count). The lowest BCUT2D eigenvalue weighted by atomic mass is 9.96. The van der Waals surface area contributed by atoms with Crippen LogP contribution in [0.15, 0.2) is 16.6 Å². The van der Waals surface area contributed by atoms with E-state index >= 15 is 0 Å². The maximum Gasteiger partial charge on any atom is 0.255 e. The Morgan fingerprint density at radius 1 is 1.30 bits per heavy atom. The number of piperidine rings is 1. The molecule has 1 saturated heterocycles. The van der Waals surface area contributed by atoms with E-state index in [1.54, 1.807) is 4.90 Å². The maximum absolute atomic E-state index is 13.3. The van der Waals surface area contributed by atoms with Crippen molar-refractivity contribution in [3.05, 3.63) is 28.0 Å². The molecule has 108 valence electrons. The van der Waals surface area contributed by atoms with E-state index in [0.29, 0.717) is 36.0 Å². The zero-order valence-corrected chi connectivity index (χ0v) is 12.3. The van der Waals surface area contributed by atoms with Crippen molar-refractivity contribution < 1.29 is 14.0 Å². The van der Waals surface area contributed by atoms with Gasteiger partial charge in [-0.3, -0.25) is 9.59 Å². The number of carbonyl (C=O) groups excluding carboxylic acids is 2. The summed E-state index contributed by atoms with van der Waals surface area (Å²) in [5.41, 5.74) is 11.0. The molecule has 1 aromatic carbocycles. The first-order chi connectivity index (χ1) is 9.40. The van der Waals surface area contributed by atoms with E-state index in [0.717, 1.165) is 0 Å². The van der Waals surface area contributed by atoms with Crippen LogP contribution in [0.2, 0.25) is 0 Å². The Morgan fingerprint density at radius 3 is 2.45 bits per heavy atom. The molecular formula is C13H15BrFN3O2. The Kier molecular flexibility index (Phi) is 4.27. The van der Waals surface area contributed by atoms with Crippen molar-refractivity contribution >= 4 is 33.4 Å². The number of hydrogen-bond acceptors (Lipinski definition) is 3. The van der Waals surface area contributed by atoms with Crippen LogP contribution in [0.25, 0.3) is 0 Å². The van der Waals surface area contributed by atoms with E-state index in [4.69, 9.17) is 11.5 Å². The number of carbonyl (C=O) groups is 2. The first-order valence-electron chi connectivity index (χ1n) is 6.23.